The van der Waals surface area contributed by atoms with Crippen molar-refractivity contribution in [3.05, 3.63) is 17.8 Å². The zero-order chi connectivity index (χ0) is 20.7. The van der Waals surface area contributed by atoms with Crippen LogP contribution in [0.2, 0.25) is 0 Å². The summed E-state index contributed by atoms with van der Waals surface area (Å²) in [6.07, 6.45) is 1.40. The molecule has 27 heavy (non-hydrogen) atoms. The number of ether oxygens (including phenoxy) is 1. The molecule has 0 saturated heterocycles. The molecule has 1 amide bonds. The van der Waals surface area contributed by atoms with Crippen molar-refractivity contribution in [1.82, 2.24) is 20.5 Å². The largest absolute Gasteiger partial charge is 0.444 e. The third kappa shape index (κ3) is 8.79. The lowest BCUT2D eigenvalue weighted by Crippen LogP contribution is -2.43. The Hall–Kier alpha value is -2.25. The Morgan fingerprint density at radius 1 is 1.26 bits per heavy atom. The average molecular weight is 382 g/mol. The molecule has 2 N–H and O–H groups in total. The Morgan fingerprint density at radius 3 is 2.44 bits per heavy atom. The van der Waals surface area contributed by atoms with Crippen molar-refractivity contribution in [2.45, 2.75) is 66.0 Å². The lowest BCUT2D eigenvalue weighted by atomic mass is 9.94. The monoisotopic (exact) mass is 381 g/mol. The number of hydrogen-bond donors (Lipinski definition) is 2. The molecule has 0 aliphatic heterocycles. The van der Waals surface area contributed by atoms with Gasteiger partial charge in [-0.1, -0.05) is 20.8 Å². The second-order valence-corrected chi connectivity index (χ2v) is 8.39. The highest BCUT2D eigenvalue weighted by molar-refractivity contribution is 5.79. The number of carbonyl (C=O) groups excluding carboxylic acids is 1. The first kappa shape index (κ1) is 22.8. The van der Waals surface area contributed by atoms with Crippen molar-refractivity contribution in [2.24, 2.45) is 4.99 Å². The maximum absolute atomic E-state index is 12.0. The van der Waals surface area contributed by atoms with Gasteiger partial charge >= 0.3 is 6.09 Å². The van der Waals surface area contributed by atoms with E-state index in [2.05, 4.69) is 41.4 Å². The zero-order valence-corrected chi connectivity index (χ0v) is 18.0. The third-order valence-electron chi connectivity index (χ3n) is 3.45. The Kier molecular flexibility index (Phi) is 8.12. The van der Waals surface area contributed by atoms with Crippen LogP contribution in [0.15, 0.2) is 15.6 Å². The van der Waals surface area contributed by atoms with Gasteiger partial charge in [0, 0.05) is 32.1 Å². The predicted molar refractivity (Wildman–Crippen MR) is 107 cm³/mol. The first-order chi connectivity index (χ1) is 12.4. The smallest absolute Gasteiger partial charge is 0.410 e. The Morgan fingerprint density at radius 2 is 1.93 bits per heavy atom. The van der Waals surface area contributed by atoms with E-state index in [1.807, 2.05) is 27.7 Å². The van der Waals surface area contributed by atoms with E-state index in [-0.39, 0.29) is 11.5 Å². The van der Waals surface area contributed by atoms with Crippen molar-refractivity contribution in [3.8, 4) is 0 Å². The Labute approximate surface area is 162 Å². The topological polar surface area (TPSA) is 92.0 Å². The number of oxazole rings is 1. The second-order valence-electron chi connectivity index (χ2n) is 8.39. The van der Waals surface area contributed by atoms with Gasteiger partial charge in [0.1, 0.15) is 17.9 Å². The molecule has 154 valence electrons. The normalized spacial score (nSPS) is 12.7. The van der Waals surface area contributed by atoms with Crippen molar-refractivity contribution >= 4 is 12.1 Å². The summed E-state index contributed by atoms with van der Waals surface area (Å²) in [5.41, 5.74) is -0.582. The predicted octanol–water partition coefficient (Wildman–Crippen LogP) is 2.89. The van der Waals surface area contributed by atoms with Crippen LogP contribution in [0, 0.1) is 0 Å². The second kappa shape index (κ2) is 9.62. The summed E-state index contributed by atoms with van der Waals surface area (Å²) in [4.78, 5) is 22.3. The first-order valence-corrected chi connectivity index (χ1v) is 9.34. The van der Waals surface area contributed by atoms with Crippen LogP contribution in [0.1, 0.15) is 60.1 Å². The minimum Gasteiger partial charge on any atom is -0.444 e. The SMILES string of the molecule is CCNC(=NCc1ncc(C(C)(C)C)o1)NCCN(C)C(=O)OC(C)(C)C. The summed E-state index contributed by atoms with van der Waals surface area (Å²) < 4.78 is 11.1. The molecule has 0 bridgehead atoms. The number of rotatable bonds is 6. The van der Waals surface area contributed by atoms with Gasteiger partial charge in [-0.3, -0.25) is 0 Å². The lowest BCUT2D eigenvalue weighted by molar-refractivity contribution is 0.0302. The van der Waals surface area contributed by atoms with E-state index >= 15 is 0 Å². The molecule has 1 rings (SSSR count). The Bertz CT molecular complexity index is 626. The molecule has 0 saturated carbocycles. The highest BCUT2D eigenvalue weighted by atomic mass is 16.6. The number of aliphatic imine (C=N–C) groups is 1. The van der Waals surface area contributed by atoms with Gasteiger partial charge in [0.15, 0.2) is 5.96 Å². The van der Waals surface area contributed by atoms with Crippen LogP contribution in [0.3, 0.4) is 0 Å². The molecule has 8 heteroatoms. The molecule has 1 heterocycles. The molecule has 1 aromatic heterocycles. The fraction of sp³-hybridized carbons (Fsp3) is 0.737. The molecular weight excluding hydrogens is 346 g/mol. The minimum atomic E-state index is -0.503. The summed E-state index contributed by atoms with van der Waals surface area (Å²) >= 11 is 0. The van der Waals surface area contributed by atoms with Gasteiger partial charge in [0.25, 0.3) is 0 Å². The first-order valence-electron chi connectivity index (χ1n) is 9.34. The van der Waals surface area contributed by atoms with E-state index in [0.29, 0.717) is 31.5 Å². The quantitative estimate of drug-likeness (QED) is 0.581. The molecule has 0 spiro atoms. The summed E-state index contributed by atoms with van der Waals surface area (Å²) in [7, 11) is 1.71. The van der Waals surface area contributed by atoms with Crippen LogP contribution in [0.5, 0.6) is 0 Å². The molecule has 1 aromatic rings. The summed E-state index contributed by atoms with van der Waals surface area (Å²) in [5, 5.41) is 6.36. The fourth-order valence-corrected chi connectivity index (χ4v) is 1.99. The van der Waals surface area contributed by atoms with Gasteiger partial charge in [0.05, 0.1) is 6.20 Å². The van der Waals surface area contributed by atoms with E-state index in [1.165, 1.54) is 4.90 Å². The van der Waals surface area contributed by atoms with Gasteiger partial charge in [0.2, 0.25) is 5.89 Å². The summed E-state index contributed by atoms with van der Waals surface area (Å²) in [6.45, 7) is 15.9. The van der Waals surface area contributed by atoms with Crippen molar-refractivity contribution in [1.29, 1.82) is 0 Å². The third-order valence-corrected chi connectivity index (χ3v) is 3.45. The van der Waals surface area contributed by atoms with Gasteiger partial charge < -0.3 is 24.7 Å². The highest BCUT2D eigenvalue weighted by Gasteiger charge is 2.20. The molecule has 0 aliphatic carbocycles. The van der Waals surface area contributed by atoms with Gasteiger partial charge in [-0.15, -0.1) is 0 Å². The summed E-state index contributed by atoms with van der Waals surface area (Å²) in [5.74, 6) is 2.05. The van der Waals surface area contributed by atoms with Gasteiger partial charge in [-0.05, 0) is 27.7 Å². The van der Waals surface area contributed by atoms with E-state index < -0.39 is 5.60 Å². The van der Waals surface area contributed by atoms with Gasteiger partial charge in [-0.2, -0.15) is 0 Å². The fourth-order valence-electron chi connectivity index (χ4n) is 1.99. The van der Waals surface area contributed by atoms with Crippen LogP contribution in [0.25, 0.3) is 0 Å². The van der Waals surface area contributed by atoms with E-state index in [1.54, 1.807) is 13.2 Å². The number of guanidine groups is 1. The van der Waals surface area contributed by atoms with E-state index in [0.717, 1.165) is 12.3 Å². The van der Waals surface area contributed by atoms with Crippen molar-refractivity contribution in [3.63, 3.8) is 0 Å². The standard InChI is InChI=1S/C19H35N5O3/c1-9-20-16(21-10-11-24(8)17(25)27-19(5,6)7)23-13-15-22-12-14(26-15)18(2,3)4/h12H,9-11,13H2,1-8H3,(H2,20,21,23). The van der Waals surface area contributed by atoms with Crippen LogP contribution < -0.4 is 10.6 Å². The number of nitrogens with zero attached hydrogens (tertiary/aromatic N) is 3. The maximum Gasteiger partial charge on any atom is 0.410 e. The molecule has 0 fully saturated rings. The number of nitrogens with one attached hydrogen (secondary N) is 2. The van der Waals surface area contributed by atoms with Gasteiger partial charge in [-0.25, -0.2) is 14.8 Å². The van der Waals surface area contributed by atoms with Crippen LogP contribution in [-0.4, -0.2) is 54.2 Å². The number of carbonyl (C=O) groups is 1. The zero-order valence-electron chi connectivity index (χ0n) is 18.0. The Balaban J connectivity index is 2.54. The van der Waals surface area contributed by atoms with E-state index in [4.69, 9.17) is 9.15 Å². The number of likely N-dealkylation sites (N-methyl/N-ethyl adjacent to an activating group) is 1. The minimum absolute atomic E-state index is 0.0794. The van der Waals surface area contributed by atoms with E-state index in [9.17, 15) is 4.79 Å². The molecule has 0 unspecified atom stereocenters. The molecular formula is C19H35N5O3. The number of aromatic nitrogens is 1. The van der Waals surface area contributed by atoms with Crippen LogP contribution >= 0.6 is 0 Å². The molecule has 0 radical (unpaired) electrons. The number of hydrogen-bond acceptors (Lipinski definition) is 5. The molecule has 0 atom stereocenters. The number of amides is 1. The van der Waals surface area contributed by atoms with Crippen LogP contribution in [0.4, 0.5) is 4.79 Å². The highest BCUT2D eigenvalue weighted by Crippen LogP contribution is 2.22. The van der Waals surface area contributed by atoms with Crippen LogP contribution in [-0.2, 0) is 16.7 Å². The van der Waals surface area contributed by atoms with Crippen molar-refractivity contribution in [2.75, 3.05) is 26.7 Å². The molecule has 0 aromatic carbocycles. The van der Waals surface area contributed by atoms with Crippen molar-refractivity contribution < 1.29 is 13.9 Å². The lowest BCUT2D eigenvalue weighted by Gasteiger charge is -2.24. The maximum atomic E-state index is 12.0. The summed E-state index contributed by atoms with van der Waals surface area (Å²) in [6, 6.07) is 0. The average Bonchev–Trinajstić information content (AvgIpc) is 3.00. The molecule has 0 aliphatic rings. The molecule has 8 nitrogen and oxygen atoms in total.